The van der Waals surface area contributed by atoms with E-state index in [9.17, 15) is 14.9 Å². The summed E-state index contributed by atoms with van der Waals surface area (Å²) in [6, 6.07) is 15.6. The van der Waals surface area contributed by atoms with Crippen LogP contribution in [-0.2, 0) is 11.3 Å². The Balaban J connectivity index is 1.36. The molecule has 1 aromatic heterocycles. The van der Waals surface area contributed by atoms with Crippen molar-refractivity contribution < 1.29 is 14.1 Å². The number of non-ortho nitro benzene ring substituents is 1. The number of nitro groups is 1. The van der Waals surface area contributed by atoms with Crippen molar-refractivity contribution >= 4 is 17.3 Å². The molecular formula is C22H22N4O4. The van der Waals surface area contributed by atoms with E-state index in [-0.39, 0.29) is 17.5 Å². The molecule has 1 amide bonds. The number of oxazole rings is 1. The van der Waals surface area contributed by atoms with Crippen LogP contribution in [0, 0.1) is 16.0 Å². The van der Waals surface area contributed by atoms with Crippen LogP contribution in [0.3, 0.4) is 0 Å². The summed E-state index contributed by atoms with van der Waals surface area (Å²) >= 11 is 0. The van der Waals surface area contributed by atoms with Crippen LogP contribution < -0.4 is 5.32 Å². The van der Waals surface area contributed by atoms with Gasteiger partial charge >= 0.3 is 0 Å². The fourth-order valence-electron chi connectivity index (χ4n) is 3.65. The number of amides is 1. The number of rotatable bonds is 6. The van der Waals surface area contributed by atoms with Crippen LogP contribution in [0.25, 0.3) is 11.5 Å². The number of carbonyl (C=O) groups is 1. The van der Waals surface area contributed by atoms with E-state index in [0.29, 0.717) is 24.5 Å². The minimum Gasteiger partial charge on any atom is -0.444 e. The van der Waals surface area contributed by atoms with E-state index in [1.807, 2.05) is 30.3 Å². The van der Waals surface area contributed by atoms with Crippen molar-refractivity contribution in [3.05, 3.63) is 76.7 Å². The van der Waals surface area contributed by atoms with Crippen molar-refractivity contribution in [1.29, 1.82) is 0 Å². The zero-order valence-corrected chi connectivity index (χ0v) is 16.4. The lowest BCUT2D eigenvalue weighted by molar-refractivity contribution is -0.384. The fourth-order valence-corrected chi connectivity index (χ4v) is 3.65. The summed E-state index contributed by atoms with van der Waals surface area (Å²) in [5, 5.41) is 13.8. The summed E-state index contributed by atoms with van der Waals surface area (Å²) in [5.74, 6) is 0.396. The van der Waals surface area contributed by atoms with Gasteiger partial charge in [0.2, 0.25) is 11.8 Å². The highest BCUT2D eigenvalue weighted by Crippen LogP contribution is 2.24. The number of nitrogens with zero attached hydrogens (tertiary/aromatic N) is 3. The molecule has 0 saturated carbocycles. The van der Waals surface area contributed by atoms with E-state index in [1.165, 1.54) is 12.1 Å². The van der Waals surface area contributed by atoms with Crippen LogP contribution in [-0.4, -0.2) is 33.8 Å². The average molecular weight is 406 g/mol. The summed E-state index contributed by atoms with van der Waals surface area (Å²) in [7, 11) is 0. The van der Waals surface area contributed by atoms with Crippen molar-refractivity contribution in [2.45, 2.75) is 19.4 Å². The number of likely N-dealkylation sites (tertiary alicyclic amines) is 1. The second-order valence-electron chi connectivity index (χ2n) is 7.38. The monoisotopic (exact) mass is 406 g/mol. The summed E-state index contributed by atoms with van der Waals surface area (Å²) in [6.07, 6.45) is 3.41. The molecule has 0 radical (unpaired) electrons. The minimum atomic E-state index is -0.439. The van der Waals surface area contributed by atoms with Crippen molar-refractivity contribution in [1.82, 2.24) is 9.88 Å². The maximum absolute atomic E-state index is 12.6. The van der Waals surface area contributed by atoms with Crippen LogP contribution in [0.15, 0.2) is 65.3 Å². The van der Waals surface area contributed by atoms with Gasteiger partial charge in [0.15, 0.2) is 0 Å². The summed E-state index contributed by atoms with van der Waals surface area (Å²) in [4.78, 5) is 29.7. The Morgan fingerprint density at radius 3 is 2.70 bits per heavy atom. The van der Waals surface area contributed by atoms with Gasteiger partial charge in [-0.05, 0) is 43.7 Å². The molecular weight excluding hydrogens is 384 g/mol. The second kappa shape index (κ2) is 8.87. The molecule has 1 N–H and O–H groups in total. The van der Waals surface area contributed by atoms with Crippen LogP contribution in [0.1, 0.15) is 18.5 Å². The number of nitrogens with one attached hydrogen (secondary N) is 1. The van der Waals surface area contributed by atoms with Crippen LogP contribution in [0.4, 0.5) is 11.4 Å². The number of aromatic nitrogens is 1. The zero-order valence-electron chi connectivity index (χ0n) is 16.4. The van der Waals surface area contributed by atoms with Gasteiger partial charge in [0.05, 0.1) is 16.5 Å². The quantitative estimate of drug-likeness (QED) is 0.488. The van der Waals surface area contributed by atoms with Crippen molar-refractivity contribution in [3.63, 3.8) is 0 Å². The lowest BCUT2D eigenvalue weighted by Crippen LogP contribution is -2.40. The minimum absolute atomic E-state index is 0.0265. The molecule has 4 rings (SSSR count). The maximum Gasteiger partial charge on any atom is 0.269 e. The highest BCUT2D eigenvalue weighted by molar-refractivity contribution is 5.92. The molecule has 1 atom stereocenters. The van der Waals surface area contributed by atoms with Gasteiger partial charge in [0, 0.05) is 36.5 Å². The van der Waals surface area contributed by atoms with Gasteiger partial charge in [-0.15, -0.1) is 0 Å². The van der Waals surface area contributed by atoms with Crippen LogP contribution in [0.5, 0.6) is 0 Å². The standard InChI is InChI=1S/C22H22N4O4/c27-21(23-18-6-2-1-3-7-18)17-5-4-12-25(13-17)14-19-15-30-22(24-19)16-8-10-20(11-9-16)26(28)29/h1-3,6-11,15,17H,4-5,12-14H2,(H,23,27)/t17-/m0/s1. The number of piperidine rings is 1. The Morgan fingerprint density at radius 2 is 1.97 bits per heavy atom. The third-order valence-corrected chi connectivity index (χ3v) is 5.18. The van der Waals surface area contributed by atoms with Gasteiger partial charge in [-0.2, -0.15) is 0 Å². The molecule has 8 nitrogen and oxygen atoms in total. The summed E-state index contributed by atoms with van der Waals surface area (Å²) in [6.45, 7) is 2.15. The molecule has 0 spiro atoms. The van der Waals surface area contributed by atoms with Crippen molar-refractivity contribution in [3.8, 4) is 11.5 Å². The Morgan fingerprint density at radius 1 is 1.20 bits per heavy atom. The second-order valence-corrected chi connectivity index (χ2v) is 7.38. The highest BCUT2D eigenvalue weighted by atomic mass is 16.6. The van der Waals surface area contributed by atoms with Gasteiger partial charge in [0.1, 0.15) is 6.26 Å². The molecule has 1 aliphatic heterocycles. The van der Waals surface area contributed by atoms with Crippen molar-refractivity contribution in [2.75, 3.05) is 18.4 Å². The maximum atomic E-state index is 12.6. The smallest absolute Gasteiger partial charge is 0.269 e. The first kappa shape index (κ1) is 19.8. The first-order valence-electron chi connectivity index (χ1n) is 9.86. The first-order chi connectivity index (χ1) is 14.6. The number of anilines is 1. The summed E-state index contributed by atoms with van der Waals surface area (Å²) < 4.78 is 5.56. The molecule has 0 unspecified atom stereocenters. The lowest BCUT2D eigenvalue weighted by Gasteiger charge is -2.31. The average Bonchev–Trinajstić information content (AvgIpc) is 3.23. The third-order valence-electron chi connectivity index (χ3n) is 5.18. The number of hydrogen-bond donors (Lipinski definition) is 1. The largest absolute Gasteiger partial charge is 0.444 e. The third kappa shape index (κ3) is 4.72. The fraction of sp³-hybridized carbons (Fsp3) is 0.273. The Hall–Kier alpha value is -3.52. The van der Waals surface area contributed by atoms with E-state index in [1.54, 1.807) is 18.4 Å². The molecule has 0 bridgehead atoms. The van der Waals surface area contributed by atoms with Gasteiger partial charge in [-0.25, -0.2) is 4.98 Å². The molecule has 2 aromatic carbocycles. The van der Waals surface area contributed by atoms with E-state index in [4.69, 9.17) is 4.42 Å². The molecule has 1 saturated heterocycles. The predicted molar refractivity (Wildman–Crippen MR) is 112 cm³/mol. The van der Waals surface area contributed by atoms with Gasteiger partial charge in [-0.3, -0.25) is 19.8 Å². The van der Waals surface area contributed by atoms with E-state index < -0.39 is 4.92 Å². The van der Waals surface area contributed by atoms with E-state index in [0.717, 1.165) is 30.8 Å². The van der Waals surface area contributed by atoms with E-state index in [2.05, 4.69) is 15.2 Å². The Kier molecular flexibility index (Phi) is 5.85. The molecule has 1 fully saturated rings. The lowest BCUT2D eigenvalue weighted by atomic mass is 9.97. The Labute approximate surface area is 173 Å². The molecule has 0 aliphatic carbocycles. The number of benzene rings is 2. The molecule has 8 heteroatoms. The zero-order chi connectivity index (χ0) is 20.9. The van der Waals surface area contributed by atoms with Crippen LogP contribution >= 0.6 is 0 Å². The SMILES string of the molecule is O=C(Nc1ccccc1)[C@H]1CCCN(Cc2coc(-c3ccc([N+](=O)[O-])cc3)n2)C1. The van der Waals surface area contributed by atoms with Gasteiger partial charge < -0.3 is 9.73 Å². The number of carbonyl (C=O) groups excluding carboxylic acids is 1. The normalized spacial score (nSPS) is 16.9. The van der Waals surface area contributed by atoms with Gasteiger partial charge in [-0.1, -0.05) is 18.2 Å². The first-order valence-corrected chi connectivity index (χ1v) is 9.86. The van der Waals surface area contributed by atoms with E-state index >= 15 is 0 Å². The van der Waals surface area contributed by atoms with Crippen LogP contribution in [0.2, 0.25) is 0 Å². The molecule has 1 aliphatic rings. The predicted octanol–water partition coefficient (Wildman–Crippen LogP) is 4.10. The number of hydrogen-bond acceptors (Lipinski definition) is 6. The molecule has 2 heterocycles. The number of nitro benzene ring substituents is 1. The highest BCUT2D eigenvalue weighted by Gasteiger charge is 2.26. The summed E-state index contributed by atoms with van der Waals surface area (Å²) in [5.41, 5.74) is 2.29. The molecule has 154 valence electrons. The Bertz CT molecular complexity index is 1020. The topological polar surface area (TPSA) is 102 Å². The molecule has 30 heavy (non-hydrogen) atoms. The van der Waals surface area contributed by atoms with Gasteiger partial charge in [0.25, 0.3) is 5.69 Å². The van der Waals surface area contributed by atoms with Crippen molar-refractivity contribution in [2.24, 2.45) is 5.92 Å². The number of para-hydroxylation sites is 1. The molecule has 3 aromatic rings.